The SMILES string of the molecule is CCOc1ccc(C(=O)NCc2cccnc2)c(OCC)c1. The molecule has 5 nitrogen and oxygen atoms in total. The Morgan fingerprint density at radius 1 is 1.18 bits per heavy atom. The molecule has 0 bridgehead atoms. The maximum atomic E-state index is 12.3. The highest BCUT2D eigenvalue weighted by molar-refractivity contribution is 5.97. The van der Waals surface area contributed by atoms with Gasteiger partial charge in [0, 0.05) is 25.0 Å². The number of hydrogen-bond donors (Lipinski definition) is 1. The third-order valence-electron chi connectivity index (χ3n) is 2.98. The summed E-state index contributed by atoms with van der Waals surface area (Å²) in [5, 5.41) is 2.87. The van der Waals surface area contributed by atoms with Crippen LogP contribution in [0.3, 0.4) is 0 Å². The first-order chi connectivity index (χ1) is 10.7. The molecule has 0 spiro atoms. The van der Waals surface area contributed by atoms with Gasteiger partial charge in [0.1, 0.15) is 11.5 Å². The monoisotopic (exact) mass is 300 g/mol. The van der Waals surface area contributed by atoms with Gasteiger partial charge in [0.15, 0.2) is 0 Å². The number of carbonyl (C=O) groups is 1. The van der Waals surface area contributed by atoms with E-state index in [-0.39, 0.29) is 5.91 Å². The molecule has 0 unspecified atom stereocenters. The van der Waals surface area contributed by atoms with E-state index in [1.165, 1.54) is 0 Å². The lowest BCUT2D eigenvalue weighted by Gasteiger charge is -2.12. The van der Waals surface area contributed by atoms with Gasteiger partial charge < -0.3 is 14.8 Å². The third kappa shape index (κ3) is 4.22. The number of carbonyl (C=O) groups excluding carboxylic acids is 1. The fourth-order valence-corrected chi connectivity index (χ4v) is 2.00. The van der Waals surface area contributed by atoms with Gasteiger partial charge in [-0.05, 0) is 37.6 Å². The number of aromatic nitrogens is 1. The lowest BCUT2D eigenvalue weighted by atomic mass is 10.1. The van der Waals surface area contributed by atoms with Crippen molar-refractivity contribution in [2.45, 2.75) is 20.4 Å². The smallest absolute Gasteiger partial charge is 0.255 e. The van der Waals surface area contributed by atoms with Gasteiger partial charge in [-0.25, -0.2) is 0 Å². The lowest BCUT2D eigenvalue weighted by Crippen LogP contribution is -2.23. The molecule has 0 aliphatic carbocycles. The van der Waals surface area contributed by atoms with Crippen molar-refractivity contribution in [2.24, 2.45) is 0 Å². The molecule has 0 aliphatic heterocycles. The van der Waals surface area contributed by atoms with Crippen LogP contribution in [-0.4, -0.2) is 24.1 Å². The summed E-state index contributed by atoms with van der Waals surface area (Å²) in [6, 6.07) is 8.98. The molecule has 0 fully saturated rings. The topological polar surface area (TPSA) is 60.5 Å². The Balaban J connectivity index is 2.10. The van der Waals surface area contributed by atoms with Crippen LogP contribution in [0, 0.1) is 0 Å². The van der Waals surface area contributed by atoms with Crippen molar-refractivity contribution in [1.82, 2.24) is 10.3 Å². The molecule has 1 amide bonds. The van der Waals surface area contributed by atoms with Gasteiger partial charge in [-0.3, -0.25) is 9.78 Å². The molecular formula is C17H20N2O3. The Kier molecular flexibility index (Phi) is 5.77. The summed E-state index contributed by atoms with van der Waals surface area (Å²) in [6.07, 6.45) is 3.42. The minimum absolute atomic E-state index is 0.185. The van der Waals surface area contributed by atoms with Crippen molar-refractivity contribution in [2.75, 3.05) is 13.2 Å². The normalized spacial score (nSPS) is 10.1. The second-order valence-electron chi connectivity index (χ2n) is 4.57. The first-order valence-corrected chi connectivity index (χ1v) is 7.31. The maximum Gasteiger partial charge on any atom is 0.255 e. The van der Waals surface area contributed by atoms with Crippen molar-refractivity contribution in [3.8, 4) is 11.5 Å². The zero-order chi connectivity index (χ0) is 15.8. The van der Waals surface area contributed by atoms with E-state index < -0.39 is 0 Å². The second-order valence-corrected chi connectivity index (χ2v) is 4.57. The molecule has 0 aliphatic rings. The number of ether oxygens (including phenoxy) is 2. The average molecular weight is 300 g/mol. The third-order valence-corrected chi connectivity index (χ3v) is 2.98. The quantitative estimate of drug-likeness (QED) is 0.854. The molecule has 0 saturated carbocycles. The molecule has 22 heavy (non-hydrogen) atoms. The van der Waals surface area contributed by atoms with E-state index in [0.29, 0.717) is 36.8 Å². The zero-order valence-electron chi connectivity index (χ0n) is 12.8. The van der Waals surface area contributed by atoms with Crippen LogP contribution in [0.25, 0.3) is 0 Å². The second kappa shape index (κ2) is 8.02. The molecule has 0 saturated heterocycles. The minimum Gasteiger partial charge on any atom is -0.494 e. The van der Waals surface area contributed by atoms with Crippen LogP contribution in [-0.2, 0) is 6.54 Å². The molecular weight excluding hydrogens is 280 g/mol. The molecule has 1 aromatic carbocycles. The number of benzene rings is 1. The number of nitrogens with one attached hydrogen (secondary N) is 1. The van der Waals surface area contributed by atoms with E-state index in [9.17, 15) is 4.79 Å². The maximum absolute atomic E-state index is 12.3. The average Bonchev–Trinajstić information content (AvgIpc) is 2.54. The number of amides is 1. The van der Waals surface area contributed by atoms with Gasteiger partial charge in [0.25, 0.3) is 5.91 Å². The predicted octanol–water partition coefficient (Wildman–Crippen LogP) is 2.81. The van der Waals surface area contributed by atoms with Gasteiger partial charge in [-0.1, -0.05) is 6.07 Å². The Labute approximate surface area is 130 Å². The molecule has 2 rings (SSSR count). The Hall–Kier alpha value is -2.56. The molecule has 1 heterocycles. The van der Waals surface area contributed by atoms with E-state index in [4.69, 9.17) is 9.47 Å². The largest absolute Gasteiger partial charge is 0.494 e. The first-order valence-electron chi connectivity index (χ1n) is 7.31. The van der Waals surface area contributed by atoms with Crippen molar-refractivity contribution in [1.29, 1.82) is 0 Å². The molecule has 0 radical (unpaired) electrons. The summed E-state index contributed by atoms with van der Waals surface area (Å²) in [6.45, 7) is 5.27. The van der Waals surface area contributed by atoms with Gasteiger partial charge in [-0.2, -0.15) is 0 Å². The number of hydrogen-bond acceptors (Lipinski definition) is 4. The van der Waals surface area contributed by atoms with Crippen molar-refractivity contribution < 1.29 is 14.3 Å². The number of nitrogens with zero attached hydrogens (tertiary/aromatic N) is 1. The highest BCUT2D eigenvalue weighted by atomic mass is 16.5. The fraction of sp³-hybridized carbons (Fsp3) is 0.294. The van der Waals surface area contributed by atoms with E-state index >= 15 is 0 Å². The van der Waals surface area contributed by atoms with Crippen LogP contribution in [0.15, 0.2) is 42.7 Å². The molecule has 1 N–H and O–H groups in total. The van der Waals surface area contributed by atoms with E-state index in [1.54, 1.807) is 30.6 Å². The summed E-state index contributed by atoms with van der Waals surface area (Å²) in [7, 11) is 0. The molecule has 1 aromatic heterocycles. The Morgan fingerprint density at radius 3 is 2.68 bits per heavy atom. The molecule has 2 aromatic rings. The van der Waals surface area contributed by atoms with E-state index in [2.05, 4.69) is 10.3 Å². The summed E-state index contributed by atoms with van der Waals surface area (Å²) >= 11 is 0. The van der Waals surface area contributed by atoms with Crippen LogP contribution >= 0.6 is 0 Å². The van der Waals surface area contributed by atoms with Crippen LogP contribution in [0.2, 0.25) is 0 Å². The Morgan fingerprint density at radius 2 is 2.00 bits per heavy atom. The van der Waals surface area contributed by atoms with Gasteiger partial charge >= 0.3 is 0 Å². The fourth-order valence-electron chi connectivity index (χ4n) is 2.00. The minimum atomic E-state index is -0.185. The summed E-state index contributed by atoms with van der Waals surface area (Å²) < 4.78 is 11.0. The number of rotatable bonds is 7. The first kappa shape index (κ1) is 15.8. The number of pyridine rings is 1. The van der Waals surface area contributed by atoms with Crippen LogP contribution in [0.4, 0.5) is 0 Å². The van der Waals surface area contributed by atoms with Crippen molar-refractivity contribution >= 4 is 5.91 Å². The summed E-state index contributed by atoms with van der Waals surface area (Å²) in [5.41, 5.74) is 1.44. The molecule has 0 atom stereocenters. The Bertz CT molecular complexity index is 615. The van der Waals surface area contributed by atoms with Crippen LogP contribution < -0.4 is 14.8 Å². The van der Waals surface area contributed by atoms with Gasteiger partial charge in [-0.15, -0.1) is 0 Å². The lowest BCUT2D eigenvalue weighted by molar-refractivity contribution is 0.0947. The predicted molar refractivity (Wildman–Crippen MR) is 84.2 cm³/mol. The van der Waals surface area contributed by atoms with Gasteiger partial charge in [0.05, 0.1) is 18.8 Å². The van der Waals surface area contributed by atoms with Crippen molar-refractivity contribution in [3.63, 3.8) is 0 Å². The van der Waals surface area contributed by atoms with E-state index in [0.717, 1.165) is 5.56 Å². The zero-order valence-corrected chi connectivity index (χ0v) is 12.8. The summed E-state index contributed by atoms with van der Waals surface area (Å²) in [5.74, 6) is 1.03. The standard InChI is InChI=1S/C17H20N2O3/c1-3-21-14-7-8-15(16(10-14)22-4-2)17(20)19-12-13-6-5-9-18-11-13/h5-11H,3-4,12H2,1-2H3,(H,19,20). The van der Waals surface area contributed by atoms with Crippen LogP contribution in [0.1, 0.15) is 29.8 Å². The van der Waals surface area contributed by atoms with Gasteiger partial charge in [0.2, 0.25) is 0 Å². The van der Waals surface area contributed by atoms with E-state index in [1.807, 2.05) is 26.0 Å². The highest BCUT2D eigenvalue weighted by Gasteiger charge is 2.13. The molecule has 116 valence electrons. The van der Waals surface area contributed by atoms with Crippen LogP contribution in [0.5, 0.6) is 11.5 Å². The summed E-state index contributed by atoms with van der Waals surface area (Å²) in [4.78, 5) is 16.4. The highest BCUT2D eigenvalue weighted by Crippen LogP contribution is 2.25. The molecule has 5 heteroatoms. The van der Waals surface area contributed by atoms with Crippen molar-refractivity contribution in [3.05, 3.63) is 53.9 Å².